The van der Waals surface area contributed by atoms with Crippen LogP contribution in [-0.2, 0) is 4.74 Å². The van der Waals surface area contributed by atoms with E-state index in [0.29, 0.717) is 18.1 Å². The SMILES string of the molecule is CC1CC(NCCC2CCCN2C(=O)OC(C)(C)C)CN1C. The fourth-order valence-corrected chi connectivity index (χ4v) is 3.49. The Kier molecular flexibility index (Phi) is 5.72. The van der Waals surface area contributed by atoms with Crippen LogP contribution in [0, 0.1) is 0 Å². The zero-order valence-corrected chi connectivity index (χ0v) is 14.9. The third-order valence-electron chi connectivity index (χ3n) is 4.80. The van der Waals surface area contributed by atoms with E-state index < -0.39 is 5.60 Å². The molecule has 0 radical (unpaired) electrons. The van der Waals surface area contributed by atoms with Crippen molar-refractivity contribution in [3.8, 4) is 0 Å². The Bertz CT molecular complexity index is 371. The summed E-state index contributed by atoms with van der Waals surface area (Å²) in [6.45, 7) is 11.0. The Morgan fingerprint density at radius 2 is 2.09 bits per heavy atom. The van der Waals surface area contributed by atoms with Gasteiger partial charge in [0.05, 0.1) is 0 Å². The zero-order valence-electron chi connectivity index (χ0n) is 14.9. The van der Waals surface area contributed by atoms with Crippen LogP contribution >= 0.6 is 0 Å². The number of rotatable bonds is 4. The number of carbonyl (C=O) groups is 1. The highest BCUT2D eigenvalue weighted by Crippen LogP contribution is 2.23. The van der Waals surface area contributed by atoms with Gasteiger partial charge in [0.2, 0.25) is 0 Å². The minimum atomic E-state index is -0.410. The van der Waals surface area contributed by atoms with Crippen molar-refractivity contribution in [2.75, 3.05) is 26.7 Å². The monoisotopic (exact) mass is 311 g/mol. The Morgan fingerprint density at radius 3 is 2.68 bits per heavy atom. The molecule has 0 saturated carbocycles. The first kappa shape index (κ1) is 17.5. The first-order chi connectivity index (χ1) is 10.3. The van der Waals surface area contributed by atoms with Gasteiger partial charge in [-0.15, -0.1) is 0 Å². The van der Waals surface area contributed by atoms with E-state index in [1.807, 2.05) is 25.7 Å². The van der Waals surface area contributed by atoms with Crippen molar-refractivity contribution in [2.24, 2.45) is 0 Å². The second-order valence-corrected chi connectivity index (χ2v) is 7.93. The van der Waals surface area contributed by atoms with E-state index in [4.69, 9.17) is 4.74 Å². The standard InChI is InChI=1S/C17H33N3O2/c1-13-11-14(12-19(13)5)18-9-8-15-7-6-10-20(15)16(21)22-17(2,3)4/h13-15,18H,6-12H2,1-5H3. The van der Waals surface area contributed by atoms with Gasteiger partial charge in [-0.05, 0) is 67.0 Å². The fourth-order valence-electron chi connectivity index (χ4n) is 3.49. The van der Waals surface area contributed by atoms with Crippen molar-refractivity contribution in [2.45, 2.75) is 77.1 Å². The normalized spacial score (nSPS) is 30.0. The van der Waals surface area contributed by atoms with Gasteiger partial charge in [-0.25, -0.2) is 4.79 Å². The molecule has 2 fully saturated rings. The summed E-state index contributed by atoms with van der Waals surface area (Å²) in [5.74, 6) is 0. The van der Waals surface area contributed by atoms with Crippen LogP contribution in [0.2, 0.25) is 0 Å². The summed E-state index contributed by atoms with van der Waals surface area (Å²) < 4.78 is 5.52. The molecule has 0 aromatic carbocycles. The Hall–Kier alpha value is -0.810. The number of nitrogens with zero attached hydrogens (tertiary/aromatic N) is 2. The highest BCUT2D eigenvalue weighted by molar-refractivity contribution is 5.68. The van der Waals surface area contributed by atoms with Gasteiger partial charge < -0.3 is 19.9 Å². The molecule has 2 aliphatic heterocycles. The lowest BCUT2D eigenvalue weighted by molar-refractivity contribution is 0.0220. The molecule has 2 aliphatic rings. The van der Waals surface area contributed by atoms with E-state index in [0.717, 1.165) is 38.9 Å². The molecule has 0 aromatic heterocycles. The highest BCUT2D eigenvalue weighted by Gasteiger charge is 2.32. The summed E-state index contributed by atoms with van der Waals surface area (Å²) in [5, 5.41) is 3.66. The van der Waals surface area contributed by atoms with Crippen molar-refractivity contribution >= 4 is 6.09 Å². The molecule has 2 rings (SSSR count). The second-order valence-electron chi connectivity index (χ2n) is 7.93. The number of hydrogen-bond donors (Lipinski definition) is 1. The minimum absolute atomic E-state index is 0.149. The molecule has 1 N–H and O–H groups in total. The van der Waals surface area contributed by atoms with Crippen molar-refractivity contribution in [3.63, 3.8) is 0 Å². The van der Waals surface area contributed by atoms with Gasteiger partial charge >= 0.3 is 6.09 Å². The van der Waals surface area contributed by atoms with Gasteiger partial charge in [-0.1, -0.05) is 0 Å². The van der Waals surface area contributed by atoms with Crippen LogP contribution in [0.4, 0.5) is 4.79 Å². The van der Waals surface area contributed by atoms with Gasteiger partial charge in [0.1, 0.15) is 5.60 Å². The van der Waals surface area contributed by atoms with Crippen molar-refractivity contribution in [1.29, 1.82) is 0 Å². The van der Waals surface area contributed by atoms with Crippen LogP contribution in [0.1, 0.15) is 53.4 Å². The molecule has 2 heterocycles. The first-order valence-corrected chi connectivity index (χ1v) is 8.69. The van der Waals surface area contributed by atoms with E-state index in [2.05, 4.69) is 24.2 Å². The van der Waals surface area contributed by atoms with Crippen LogP contribution < -0.4 is 5.32 Å². The average molecular weight is 311 g/mol. The quantitative estimate of drug-likeness (QED) is 0.866. The Labute approximate surface area is 135 Å². The summed E-state index contributed by atoms with van der Waals surface area (Å²) in [5.41, 5.74) is -0.410. The summed E-state index contributed by atoms with van der Waals surface area (Å²) >= 11 is 0. The van der Waals surface area contributed by atoms with Crippen molar-refractivity contribution in [1.82, 2.24) is 15.1 Å². The molecule has 0 aliphatic carbocycles. The molecular formula is C17H33N3O2. The van der Waals surface area contributed by atoms with Crippen molar-refractivity contribution < 1.29 is 9.53 Å². The molecule has 1 amide bonds. The molecule has 3 unspecified atom stereocenters. The smallest absolute Gasteiger partial charge is 0.410 e. The first-order valence-electron chi connectivity index (χ1n) is 8.69. The molecule has 0 spiro atoms. The molecule has 2 saturated heterocycles. The highest BCUT2D eigenvalue weighted by atomic mass is 16.6. The van der Waals surface area contributed by atoms with Gasteiger partial charge in [0.25, 0.3) is 0 Å². The van der Waals surface area contributed by atoms with Crippen LogP contribution in [0.25, 0.3) is 0 Å². The predicted molar refractivity (Wildman–Crippen MR) is 89.1 cm³/mol. The van der Waals surface area contributed by atoms with Gasteiger partial charge in [0, 0.05) is 31.2 Å². The molecule has 5 heteroatoms. The van der Waals surface area contributed by atoms with Gasteiger partial charge in [-0.2, -0.15) is 0 Å². The number of likely N-dealkylation sites (N-methyl/N-ethyl adjacent to an activating group) is 1. The molecule has 5 nitrogen and oxygen atoms in total. The maximum atomic E-state index is 12.3. The fraction of sp³-hybridized carbons (Fsp3) is 0.941. The lowest BCUT2D eigenvalue weighted by Crippen LogP contribution is -2.41. The van der Waals surface area contributed by atoms with Gasteiger partial charge in [0.15, 0.2) is 0 Å². The summed E-state index contributed by atoms with van der Waals surface area (Å²) in [7, 11) is 2.19. The minimum Gasteiger partial charge on any atom is -0.444 e. The summed E-state index contributed by atoms with van der Waals surface area (Å²) in [6.07, 6.45) is 4.28. The van der Waals surface area contributed by atoms with E-state index in [1.54, 1.807) is 0 Å². The number of nitrogens with one attached hydrogen (secondary N) is 1. The number of hydrogen-bond acceptors (Lipinski definition) is 4. The lowest BCUT2D eigenvalue weighted by Gasteiger charge is -2.29. The number of likely N-dealkylation sites (tertiary alicyclic amines) is 2. The third kappa shape index (κ3) is 4.85. The van der Waals surface area contributed by atoms with E-state index in [9.17, 15) is 4.79 Å². The maximum absolute atomic E-state index is 12.3. The molecular weight excluding hydrogens is 278 g/mol. The summed E-state index contributed by atoms with van der Waals surface area (Å²) in [4.78, 5) is 16.6. The third-order valence-corrected chi connectivity index (χ3v) is 4.80. The topological polar surface area (TPSA) is 44.8 Å². The van der Waals surface area contributed by atoms with Gasteiger partial charge in [-0.3, -0.25) is 0 Å². The van der Waals surface area contributed by atoms with Crippen LogP contribution in [0.3, 0.4) is 0 Å². The van der Waals surface area contributed by atoms with E-state index in [-0.39, 0.29) is 6.09 Å². The van der Waals surface area contributed by atoms with Crippen LogP contribution in [-0.4, -0.2) is 66.3 Å². The molecule has 128 valence electrons. The molecule has 0 bridgehead atoms. The number of carbonyl (C=O) groups excluding carboxylic acids is 1. The van der Waals surface area contributed by atoms with Crippen LogP contribution in [0.15, 0.2) is 0 Å². The number of ether oxygens (including phenoxy) is 1. The predicted octanol–water partition coefficient (Wildman–Crippen LogP) is 2.46. The molecule has 3 atom stereocenters. The zero-order chi connectivity index (χ0) is 16.3. The largest absolute Gasteiger partial charge is 0.444 e. The molecule has 0 aromatic rings. The maximum Gasteiger partial charge on any atom is 0.410 e. The van der Waals surface area contributed by atoms with E-state index >= 15 is 0 Å². The number of amides is 1. The second kappa shape index (κ2) is 7.18. The Morgan fingerprint density at radius 1 is 1.36 bits per heavy atom. The van der Waals surface area contributed by atoms with E-state index in [1.165, 1.54) is 6.42 Å². The molecule has 22 heavy (non-hydrogen) atoms. The lowest BCUT2D eigenvalue weighted by atomic mass is 10.1. The summed E-state index contributed by atoms with van der Waals surface area (Å²) in [6, 6.07) is 1.59. The Balaban J connectivity index is 1.74. The average Bonchev–Trinajstić information content (AvgIpc) is 2.95. The van der Waals surface area contributed by atoms with Crippen molar-refractivity contribution in [3.05, 3.63) is 0 Å². The van der Waals surface area contributed by atoms with Crippen LogP contribution in [0.5, 0.6) is 0 Å².